The van der Waals surface area contributed by atoms with Gasteiger partial charge < -0.3 is 9.47 Å². The highest BCUT2D eigenvalue weighted by molar-refractivity contribution is 14.1. The Hall–Kier alpha value is -3.48. The molecule has 0 bridgehead atoms. The highest BCUT2D eigenvalue weighted by atomic mass is 127. The van der Waals surface area contributed by atoms with Gasteiger partial charge in [0.25, 0.3) is 11.8 Å². The first-order chi connectivity index (χ1) is 14.8. The Kier molecular flexibility index (Phi) is 6.53. The average Bonchev–Trinajstić information content (AvgIpc) is 2.72. The number of nitro benzene ring substituents is 1. The quantitative estimate of drug-likeness (QED) is 0.197. The molecule has 0 aliphatic carbocycles. The largest absolute Gasteiger partial charge is 0.494 e. The molecule has 31 heavy (non-hydrogen) atoms. The zero-order chi connectivity index (χ0) is 22.7. The highest BCUT2D eigenvalue weighted by Crippen LogP contribution is 2.34. The minimum absolute atomic E-state index is 0.0679. The lowest BCUT2D eigenvalue weighted by Gasteiger charge is -2.26. The van der Waals surface area contributed by atoms with Gasteiger partial charge in [0.2, 0.25) is 5.75 Å². The summed E-state index contributed by atoms with van der Waals surface area (Å²) in [5.41, 5.74) is -0.191. The number of methoxy groups -OCH3 is 1. The van der Waals surface area contributed by atoms with E-state index in [1.54, 1.807) is 12.1 Å². The topological polar surface area (TPSA) is 128 Å². The number of anilines is 1. The van der Waals surface area contributed by atoms with E-state index in [4.69, 9.17) is 9.47 Å². The standard InChI is InChI=1S/C20H16IN3O7/c1-3-31-13-6-4-12(5-7-13)23-19(26)14(18(25)22-20(23)27)8-11-9-15(21)17(30-2)16(10-11)24(28)29/h4-10H,3H2,1-2H3,(H,22,25,27)/b14-8+. The average molecular weight is 537 g/mol. The number of carbonyl (C=O) groups excluding carboxylic acids is 3. The molecule has 1 aliphatic heterocycles. The van der Waals surface area contributed by atoms with E-state index in [0.717, 1.165) is 4.90 Å². The number of nitrogens with one attached hydrogen (secondary N) is 1. The number of halogens is 1. The number of carbonyl (C=O) groups is 3. The van der Waals surface area contributed by atoms with Crippen molar-refractivity contribution in [2.75, 3.05) is 18.6 Å². The molecule has 1 N–H and O–H groups in total. The second kappa shape index (κ2) is 9.12. The first-order valence-electron chi connectivity index (χ1n) is 8.93. The molecular weight excluding hydrogens is 521 g/mol. The molecule has 4 amide bonds. The Morgan fingerprint density at radius 1 is 1.19 bits per heavy atom. The molecule has 0 radical (unpaired) electrons. The minimum Gasteiger partial charge on any atom is -0.494 e. The van der Waals surface area contributed by atoms with Crippen molar-refractivity contribution in [2.24, 2.45) is 0 Å². The van der Waals surface area contributed by atoms with Crippen LogP contribution in [-0.2, 0) is 9.59 Å². The fourth-order valence-electron chi connectivity index (χ4n) is 2.94. The van der Waals surface area contributed by atoms with Crippen molar-refractivity contribution < 1.29 is 28.8 Å². The van der Waals surface area contributed by atoms with Crippen LogP contribution in [0.15, 0.2) is 42.0 Å². The zero-order valence-corrected chi connectivity index (χ0v) is 18.5. The van der Waals surface area contributed by atoms with Gasteiger partial charge in [-0.05, 0) is 71.5 Å². The number of imide groups is 2. The summed E-state index contributed by atoms with van der Waals surface area (Å²) in [4.78, 5) is 49.2. The number of hydrogen-bond acceptors (Lipinski definition) is 7. The highest BCUT2D eigenvalue weighted by Gasteiger charge is 2.37. The SMILES string of the molecule is CCOc1ccc(N2C(=O)NC(=O)/C(=C\c3cc(I)c(OC)c([N+](=O)[O-])c3)C2=O)cc1. The second-order valence-corrected chi connectivity index (χ2v) is 7.36. The summed E-state index contributed by atoms with van der Waals surface area (Å²) in [7, 11) is 1.31. The molecule has 1 fully saturated rings. The molecule has 3 rings (SSSR count). The summed E-state index contributed by atoms with van der Waals surface area (Å²) in [5.74, 6) is -1.13. The number of rotatable bonds is 6. The van der Waals surface area contributed by atoms with Crippen LogP contribution in [0.5, 0.6) is 11.5 Å². The molecule has 11 heteroatoms. The summed E-state index contributed by atoms with van der Waals surface area (Å²) in [6, 6.07) is 8.02. The number of barbiturate groups is 1. The molecule has 1 heterocycles. The number of urea groups is 1. The maximum absolute atomic E-state index is 13.0. The Balaban J connectivity index is 2.02. The normalized spacial score (nSPS) is 15.1. The Labute approximate surface area is 190 Å². The summed E-state index contributed by atoms with van der Waals surface area (Å²) < 4.78 is 10.8. The molecule has 10 nitrogen and oxygen atoms in total. The number of amides is 4. The van der Waals surface area contributed by atoms with Crippen LogP contribution in [0.25, 0.3) is 6.08 Å². The predicted octanol–water partition coefficient (Wildman–Crippen LogP) is 3.27. The third kappa shape index (κ3) is 4.50. The van der Waals surface area contributed by atoms with Gasteiger partial charge in [0.05, 0.1) is 27.9 Å². The van der Waals surface area contributed by atoms with E-state index < -0.39 is 22.8 Å². The number of hydrogen-bond donors (Lipinski definition) is 1. The van der Waals surface area contributed by atoms with Crippen LogP contribution in [0, 0.1) is 13.7 Å². The molecule has 1 saturated heterocycles. The number of nitrogens with zero attached hydrogens (tertiary/aromatic N) is 2. The predicted molar refractivity (Wildman–Crippen MR) is 119 cm³/mol. The van der Waals surface area contributed by atoms with Crippen molar-refractivity contribution in [3.63, 3.8) is 0 Å². The summed E-state index contributed by atoms with van der Waals surface area (Å²) in [6.07, 6.45) is 1.19. The van der Waals surface area contributed by atoms with E-state index in [9.17, 15) is 24.5 Å². The monoisotopic (exact) mass is 537 g/mol. The van der Waals surface area contributed by atoms with Crippen LogP contribution in [0.1, 0.15) is 12.5 Å². The molecular formula is C20H16IN3O7. The van der Waals surface area contributed by atoms with Gasteiger partial charge in [-0.25, -0.2) is 9.69 Å². The fraction of sp³-hybridized carbons (Fsp3) is 0.150. The van der Waals surface area contributed by atoms with E-state index in [2.05, 4.69) is 5.32 Å². The third-order valence-electron chi connectivity index (χ3n) is 4.27. The molecule has 0 atom stereocenters. The van der Waals surface area contributed by atoms with E-state index >= 15 is 0 Å². The summed E-state index contributed by atoms with van der Waals surface area (Å²) in [6.45, 7) is 2.28. The van der Waals surface area contributed by atoms with Crippen LogP contribution in [-0.4, -0.2) is 36.5 Å². The Bertz CT molecular complexity index is 1110. The molecule has 0 unspecified atom stereocenters. The Morgan fingerprint density at radius 2 is 1.87 bits per heavy atom. The molecule has 160 valence electrons. The lowest BCUT2D eigenvalue weighted by atomic mass is 10.1. The van der Waals surface area contributed by atoms with E-state index in [1.165, 1.54) is 37.5 Å². The van der Waals surface area contributed by atoms with Crippen LogP contribution >= 0.6 is 22.6 Å². The summed E-state index contributed by atoms with van der Waals surface area (Å²) >= 11 is 1.86. The van der Waals surface area contributed by atoms with Gasteiger partial charge in [0, 0.05) is 6.07 Å². The van der Waals surface area contributed by atoms with Gasteiger partial charge in [0.15, 0.2) is 0 Å². The lowest BCUT2D eigenvalue weighted by molar-refractivity contribution is -0.385. The number of nitro groups is 1. The van der Waals surface area contributed by atoms with Crippen molar-refractivity contribution >= 4 is 57.9 Å². The van der Waals surface area contributed by atoms with Crippen molar-refractivity contribution in [3.05, 3.63) is 61.2 Å². The summed E-state index contributed by atoms with van der Waals surface area (Å²) in [5, 5.41) is 13.5. The van der Waals surface area contributed by atoms with Crippen LogP contribution in [0.2, 0.25) is 0 Å². The van der Waals surface area contributed by atoms with Gasteiger partial charge in [-0.3, -0.25) is 25.0 Å². The van der Waals surface area contributed by atoms with Crippen LogP contribution < -0.4 is 19.7 Å². The van der Waals surface area contributed by atoms with Crippen molar-refractivity contribution in [1.29, 1.82) is 0 Å². The van der Waals surface area contributed by atoms with Gasteiger partial charge in [-0.1, -0.05) is 0 Å². The van der Waals surface area contributed by atoms with Crippen molar-refractivity contribution in [1.82, 2.24) is 5.32 Å². The van der Waals surface area contributed by atoms with Gasteiger partial charge >= 0.3 is 11.7 Å². The molecule has 2 aromatic carbocycles. The number of benzene rings is 2. The van der Waals surface area contributed by atoms with Crippen LogP contribution in [0.4, 0.5) is 16.2 Å². The maximum atomic E-state index is 13.0. The van der Waals surface area contributed by atoms with Crippen molar-refractivity contribution in [2.45, 2.75) is 6.92 Å². The van der Waals surface area contributed by atoms with Crippen molar-refractivity contribution in [3.8, 4) is 11.5 Å². The van der Waals surface area contributed by atoms with E-state index in [1.807, 2.05) is 29.5 Å². The first-order valence-corrected chi connectivity index (χ1v) is 10.0. The van der Waals surface area contributed by atoms with Gasteiger partial charge in [-0.15, -0.1) is 0 Å². The molecule has 0 aromatic heterocycles. The van der Waals surface area contributed by atoms with E-state index in [-0.39, 0.29) is 28.3 Å². The minimum atomic E-state index is -0.898. The fourth-order valence-corrected chi connectivity index (χ4v) is 3.79. The molecule has 0 saturated carbocycles. The Morgan fingerprint density at radius 3 is 2.45 bits per heavy atom. The van der Waals surface area contributed by atoms with Gasteiger partial charge in [-0.2, -0.15) is 0 Å². The maximum Gasteiger partial charge on any atom is 0.335 e. The smallest absolute Gasteiger partial charge is 0.335 e. The lowest BCUT2D eigenvalue weighted by Crippen LogP contribution is -2.54. The van der Waals surface area contributed by atoms with Gasteiger partial charge in [0.1, 0.15) is 11.3 Å². The van der Waals surface area contributed by atoms with E-state index in [0.29, 0.717) is 15.9 Å². The molecule has 2 aromatic rings. The second-order valence-electron chi connectivity index (χ2n) is 6.20. The molecule has 0 spiro atoms. The number of ether oxygens (including phenoxy) is 2. The third-order valence-corrected chi connectivity index (χ3v) is 5.07. The molecule has 1 aliphatic rings. The zero-order valence-electron chi connectivity index (χ0n) is 16.4. The van der Waals surface area contributed by atoms with Crippen LogP contribution in [0.3, 0.4) is 0 Å². The first kappa shape index (κ1) is 22.2.